The molecule has 0 aliphatic carbocycles. The predicted octanol–water partition coefficient (Wildman–Crippen LogP) is 2.41. The average molecular weight is 341 g/mol. The monoisotopic (exact) mass is 341 g/mol. The van der Waals surface area contributed by atoms with Crippen LogP contribution in [0, 0.1) is 16.7 Å². The number of hydrogen-bond donors (Lipinski definition) is 0. The SMILES string of the molecule is COCCN1C[C@]2(CCCN(Cc3ccccc3C#N)C2)CCC1=O. The molecule has 1 spiro atoms. The van der Waals surface area contributed by atoms with Crippen LogP contribution in [0.4, 0.5) is 0 Å². The lowest BCUT2D eigenvalue weighted by molar-refractivity contribution is -0.140. The number of ether oxygens (including phenoxy) is 1. The highest BCUT2D eigenvalue weighted by molar-refractivity contribution is 5.77. The highest BCUT2D eigenvalue weighted by Gasteiger charge is 2.41. The molecule has 0 radical (unpaired) electrons. The van der Waals surface area contributed by atoms with Crippen LogP contribution in [-0.4, -0.2) is 55.6 Å². The van der Waals surface area contributed by atoms with Crippen LogP contribution >= 0.6 is 0 Å². The minimum atomic E-state index is 0.196. The molecule has 0 bridgehead atoms. The van der Waals surface area contributed by atoms with Crippen LogP contribution in [0.2, 0.25) is 0 Å². The largest absolute Gasteiger partial charge is 0.383 e. The predicted molar refractivity (Wildman–Crippen MR) is 95.8 cm³/mol. The Balaban J connectivity index is 1.68. The maximum absolute atomic E-state index is 12.2. The molecule has 5 heteroatoms. The van der Waals surface area contributed by atoms with Crippen LogP contribution in [0.5, 0.6) is 0 Å². The molecule has 2 aliphatic rings. The van der Waals surface area contributed by atoms with Gasteiger partial charge in [-0.1, -0.05) is 18.2 Å². The van der Waals surface area contributed by atoms with E-state index in [1.807, 2.05) is 23.1 Å². The van der Waals surface area contributed by atoms with Gasteiger partial charge in [-0.05, 0) is 37.4 Å². The Morgan fingerprint density at radius 1 is 1.28 bits per heavy atom. The van der Waals surface area contributed by atoms with Crippen LogP contribution in [0.1, 0.15) is 36.8 Å². The molecule has 1 aromatic carbocycles. The number of benzene rings is 1. The van der Waals surface area contributed by atoms with Gasteiger partial charge in [-0.25, -0.2) is 0 Å². The minimum Gasteiger partial charge on any atom is -0.383 e. The third-order valence-corrected chi connectivity index (χ3v) is 5.59. The summed E-state index contributed by atoms with van der Waals surface area (Å²) in [6, 6.07) is 10.2. The first kappa shape index (κ1) is 17.9. The normalized spacial score (nSPS) is 24.5. The standard InChI is InChI=1S/C20H27N3O2/c1-25-12-11-23-16-20(9-7-19(23)24)8-4-10-22(15-20)14-18-6-3-2-5-17(18)13-21/h2-3,5-6H,4,7-12,14-16H2,1H3/t20-/m1/s1. The van der Waals surface area contributed by atoms with Crippen molar-refractivity contribution >= 4 is 5.91 Å². The van der Waals surface area contributed by atoms with Crippen LogP contribution in [0.15, 0.2) is 24.3 Å². The lowest BCUT2D eigenvalue weighted by Gasteiger charge is -2.48. The molecule has 25 heavy (non-hydrogen) atoms. The van der Waals surface area contributed by atoms with Crippen molar-refractivity contribution < 1.29 is 9.53 Å². The third kappa shape index (κ3) is 4.20. The molecule has 2 heterocycles. The number of hydrogen-bond acceptors (Lipinski definition) is 4. The molecule has 3 rings (SSSR count). The molecular formula is C20H27N3O2. The Morgan fingerprint density at radius 3 is 2.92 bits per heavy atom. The van der Waals surface area contributed by atoms with Crippen molar-refractivity contribution in [1.29, 1.82) is 5.26 Å². The second kappa shape index (κ2) is 7.99. The van der Waals surface area contributed by atoms with Gasteiger partial charge in [0, 0.05) is 45.1 Å². The van der Waals surface area contributed by atoms with E-state index in [-0.39, 0.29) is 11.3 Å². The molecule has 1 aromatic rings. The Labute approximate surface area is 150 Å². The molecule has 5 nitrogen and oxygen atoms in total. The molecule has 0 saturated carbocycles. The summed E-state index contributed by atoms with van der Waals surface area (Å²) in [5, 5.41) is 9.31. The average Bonchev–Trinajstić information content (AvgIpc) is 2.63. The molecule has 134 valence electrons. The van der Waals surface area contributed by atoms with Crippen molar-refractivity contribution in [2.75, 3.05) is 39.9 Å². The smallest absolute Gasteiger partial charge is 0.222 e. The maximum Gasteiger partial charge on any atom is 0.222 e. The van der Waals surface area contributed by atoms with Crippen molar-refractivity contribution in [2.24, 2.45) is 5.41 Å². The van der Waals surface area contributed by atoms with E-state index in [4.69, 9.17) is 4.74 Å². The highest BCUT2D eigenvalue weighted by Crippen LogP contribution is 2.39. The van der Waals surface area contributed by atoms with Gasteiger partial charge in [0.15, 0.2) is 0 Å². The topological polar surface area (TPSA) is 56.6 Å². The lowest BCUT2D eigenvalue weighted by Crippen LogP contribution is -2.54. The first-order chi connectivity index (χ1) is 12.2. The Morgan fingerprint density at radius 2 is 2.12 bits per heavy atom. The summed E-state index contributed by atoms with van der Waals surface area (Å²) in [5.41, 5.74) is 2.06. The van der Waals surface area contributed by atoms with Gasteiger partial charge < -0.3 is 9.64 Å². The molecule has 0 aromatic heterocycles. The zero-order valence-electron chi connectivity index (χ0n) is 15.0. The van der Waals surface area contributed by atoms with Crippen LogP contribution in [0.25, 0.3) is 0 Å². The van der Waals surface area contributed by atoms with Crippen molar-refractivity contribution in [3.63, 3.8) is 0 Å². The van der Waals surface area contributed by atoms with E-state index in [1.165, 1.54) is 6.42 Å². The van der Waals surface area contributed by atoms with Gasteiger partial charge in [0.2, 0.25) is 5.91 Å². The number of nitrogens with zero attached hydrogens (tertiary/aromatic N) is 3. The van der Waals surface area contributed by atoms with Crippen molar-refractivity contribution in [3.8, 4) is 6.07 Å². The maximum atomic E-state index is 12.2. The summed E-state index contributed by atoms with van der Waals surface area (Å²) in [6.07, 6.45) is 3.96. The molecule has 1 atom stereocenters. The molecule has 2 fully saturated rings. The number of methoxy groups -OCH3 is 1. The van der Waals surface area contributed by atoms with Crippen molar-refractivity contribution in [3.05, 3.63) is 35.4 Å². The van der Waals surface area contributed by atoms with Crippen LogP contribution in [-0.2, 0) is 16.1 Å². The Bertz CT molecular complexity index is 655. The molecule has 1 amide bonds. The summed E-state index contributed by atoms with van der Waals surface area (Å²) in [5.74, 6) is 0.259. The number of carbonyl (C=O) groups excluding carboxylic acids is 1. The van der Waals surface area contributed by atoms with Crippen LogP contribution < -0.4 is 0 Å². The summed E-state index contributed by atoms with van der Waals surface area (Å²) in [7, 11) is 1.68. The zero-order valence-corrected chi connectivity index (χ0v) is 15.0. The molecule has 2 aliphatic heterocycles. The number of amides is 1. The van der Waals surface area contributed by atoms with Gasteiger partial charge in [0.1, 0.15) is 0 Å². The zero-order chi connectivity index (χ0) is 17.7. The second-order valence-electron chi connectivity index (χ2n) is 7.39. The van der Waals surface area contributed by atoms with E-state index in [1.54, 1.807) is 7.11 Å². The number of likely N-dealkylation sites (tertiary alicyclic amines) is 2. The third-order valence-electron chi connectivity index (χ3n) is 5.59. The van der Waals surface area contributed by atoms with Crippen molar-refractivity contribution in [2.45, 2.75) is 32.2 Å². The van der Waals surface area contributed by atoms with Gasteiger partial charge in [0.25, 0.3) is 0 Å². The quantitative estimate of drug-likeness (QED) is 0.825. The number of carbonyl (C=O) groups is 1. The molecule has 0 unspecified atom stereocenters. The number of rotatable bonds is 5. The van der Waals surface area contributed by atoms with Gasteiger partial charge in [-0.15, -0.1) is 0 Å². The van der Waals surface area contributed by atoms with Crippen LogP contribution in [0.3, 0.4) is 0 Å². The lowest BCUT2D eigenvalue weighted by atomic mass is 9.73. The van der Waals surface area contributed by atoms with Crippen molar-refractivity contribution in [1.82, 2.24) is 9.80 Å². The Hall–Kier alpha value is -1.90. The second-order valence-corrected chi connectivity index (χ2v) is 7.39. The van der Waals surface area contributed by atoms with Gasteiger partial charge >= 0.3 is 0 Å². The fourth-order valence-electron chi connectivity index (χ4n) is 4.29. The molecular weight excluding hydrogens is 314 g/mol. The highest BCUT2D eigenvalue weighted by atomic mass is 16.5. The minimum absolute atomic E-state index is 0.196. The molecule has 2 saturated heterocycles. The number of nitriles is 1. The fourth-order valence-corrected chi connectivity index (χ4v) is 4.29. The van der Waals surface area contributed by atoms with E-state index in [9.17, 15) is 10.1 Å². The fraction of sp³-hybridized carbons (Fsp3) is 0.600. The number of piperidine rings is 2. The molecule has 0 N–H and O–H groups in total. The van der Waals surface area contributed by atoms with E-state index < -0.39 is 0 Å². The summed E-state index contributed by atoms with van der Waals surface area (Å²) >= 11 is 0. The van der Waals surface area contributed by atoms with Gasteiger partial charge in [-0.2, -0.15) is 5.26 Å². The van der Waals surface area contributed by atoms with E-state index in [0.717, 1.165) is 50.1 Å². The Kier molecular flexibility index (Phi) is 5.72. The first-order valence-corrected chi connectivity index (χ1v) is 9.13. The summed E-state index contributed by atoms with van der Waals surface area (Å²) < 4.78 is 5.16. The van der Waals surface area contributed by atoms with E-state index in [2.05, 4.69) is 17.0 Å². The first-order valence-electron chi connectivity index (χ1n) is 9.13. The van der Waals surface area contributed by atoms with E-state index >= 15 is 0 Å². The van der Waals surface area contributed by atoms with Gasteiger partial charge in [0.05, 0.1) is 18.2 Å². The van der Waals surface area contributed by atoms with Gasteiger partial charge in [-0.3, -0.25) is 9.69 Å². The summed E-state index contributed by atoms with van der Waals surface area (Å²) in [4.78, 5) is 16.7. The van der Waals surface area contributed by atoms with E-state index in [0.29, 0.717) is 19.6 Å². The summed E-state index contributed by atoms with van der Waals surface area (Å²) in [6.45, 7) is 5.01.